The fourth-order valence-electron chi connectivity index (χ4n) is 2.89. The first-order valence-electron chi connectivity index (χ1n) is 9.10. The van der Waals surface area contributed by atoms with Gasteiger partial charge in [0.1, 0.15) is 11.6 Å². The Balaban J connectivity index is 1.46. The second-order valence-corrected chi connectivity index (χ2v) is 6.44. The summed E-state index contributed by atoms with van der Waals surface area (Å²) in [5, 5.41) is 16.0. The summed E-state index contributed by atoms with van der Waals surface area (Å²) in [6.45, 7) is 8.13. The number of nitrogens with one attached hydrogen (secondary N) is 2. The van der Waals surface area contributed by atoms with Gasteiger partial charge in [-0.1, -0.05) is 12.1 Å². The molecule has 0 unspecified atom stereocenters. The van der Waals surface area contributed by atoms with E-state index in [0.717, 1.165) is 63.9 Å². The third-order valence-corrected chi connectivity index (χ3v) is 4.33. The van der Waals surface area contributed by atoms with Crippen LogP contribution >= 0.6 is 0 Å². The summed E-state index contributed by atoms with van der Waals surface area (Å²) in [5.41, 5.74) is 2.10. The molecule has 140 valence electrons. The first kappa shape index (κ1) is 18.4. The van der Waals surface area contributed by atoms with Crippen LogP contribution in [-0.2, 0) is 11.2 Å². The Hall–Kier alpha value is -2.38. The van der Waals surface area contributed by atoms with Crippen LogP contribution in [0.25, 0.3) is 0 Å². The van der Waals surface area contributed by atoms with Gasteiger partial charge in [-0.05, 0) is 31.0 Å². The molecule has 0 amide bonds. The molecule has 0 atom stereocenters. The lowest BCUT2D eigenvalue weighted by Crippen LogP contribution is -2.39. The van der Waals surface area contributed by atoms with E-state index in [2.05, 4.69) is 25.5 Å². The average molecular weight is 357 g/mol. The Morgan fingerprint density at radius 1 is 1.08 bits per heavy atom. The van der Waals surface area contributed by atoms with E-state index in [4.69, 9.17) is 4.74 Å². The molecule has 2 heterocycles. The van der Waals surface area contributed by atoms with Crippen molar-refractivity contribution in [1.82, 2.24) is 14.9 Å². The molecule has 1 aromatic carbocycles. The third-order valence-electron chi connectivity index (χ3n) is 4.33. The van der Waals surface area contributed by atoms with Crippen LogP contribution < -0.4 is 10.6 Å². The highest BCUT2D eigenvalue weighted by molar-refractivity contribution is 5.42. The summed E-state index contributed by atoms with van der Waals surface area (Å²) in [7, 11) is 0. The normalized spacial score (nSPS) is 15.0. The maximum Gasteiger partial charge on any atom is 0.224 e. The summed E-state index contributed by atoms with van der Waals surface area (Å²) < 4.78 is 5.36. The van der Waals surface area contributed by atoms with Crippen molar-refractivity contribution < 1.29 is 9.84 Å². The zero-order valence-electron chi connectivity index (χ0n) is 15.2. The molecule has 3 N–H and O–H groups in total. The summed E-state index contributed by atoms with van der Waals surface area (Å²) in [6.07, 6.45) is 0.864. The van der Waals surface area contributed by atoms with Crippen LogP contribution in [0.1, 0.15) is 11.3 Å². The molecule has 7 nitrogen and oxygen atoms in total. The molecule has 1 saturated heterocycles. The highest BCUT2D eigenvalue weighted by Crippen LogP contribution is 2.12. The van der Waals surface area contributed by atoms with Gasteiger partial charge >= 0.3 is 0 Å². The number of aromatic nitrogens is 2. The molecule has 0 aliphatic carbocycles. The monoisotopic (exact) mass is 357 g/mol. The molecule has 0 saturated carbocycles. The van der Waals surface area contributed by atoms with Gasteiger partial charge in [0, 0.05) is 44.5 Å². The van der Waals surface area contributed by atoms with Crippen molar-refractivity contribution in [2.45, 2.75) is 13.3 Å². The Kier molecular flexibility index (Phi) is 6.62. The molecule has 7 heteroatoms. The standard InChI is InChI=1S/C19H27N5O2/c1-15-14-18(20-7-6-16-2-4-17(25)5-3-16)23-19(22-15)21-8-9-24-10-12-26-13-11-24/h2-5,14,25H,6-13H2,1H3,(H2,20,21,22,23). The smallest absolute Gasteiger partial charge is 0.224 e. The van der Waals surface area contributed by atoms with Crippen LogP contribution in [0.2, 0.25) is 0 Å². The highest BCUT2D eigenvalue weighted by Gasteiger charge is 2.10. The van der Waals surface area contributed by atoms with Crippen LogP contribution in [0, 0.1) is 6.92 Å². The molecule has 0 bridgehead atoms. The Bertz CT molecular complexity index is 687. The number of hydrogen-bond donors (Lipinski definition) is 3. The van der Waals surface area contributed by atoms with Crippen molar-refractivity contribution in [2.75, 3.05) is 56.6 Å². The molecule has 1 aromatic heterocycles. The fraction of sp³-hybridized carbons (Fsp3) is 0.474. The number of aromatic hydroxyl groups is 1. The number of phenolic OH excluding ortho intramolecular Hbond substituents is 1. The zero-order chi connectivity index (χ0) is 18.2. The topological polar surface area (TPSA) is 82.5 Å². The minimum atomic E-state index is 0.293. The minimum absolute atomic E-state index is 0.293. The van der Waals surface area contributed by atoms with Crippen molar-refractivity contribution in [2.24, 2.45) is 0 Å². The number of ether oxygens (including phenoxy) is 1. The maximum absolute atomic E-state index is 9.33. The number of anilines is 2. The third kappa shape index (κ3) is 5.86. The molecule has 26 heavy (non-hydrogen) atoms. The quantitative estimate of drug-likeness (QED) is 0.665. The average Bonchev–Trinajstić information content (AvgIpc) is 2.64. The summed E-state index contributed by atoms with van der Waals surface area (Å²) >= 11 is 0. The number of benzene rings is 1. The molecule has 2 aromatic rings. The van der Waals surface area contributed by atoms with E-state index < -0.39 is 0 Å². The van der Waals surface area contributed by atoms with E-state index >= 15 is 0 Å². The molecule has 1 aliphatic rings. The lowest BCUT2D eigenvalue weighted by atomic mass is 10.1. The number of aryl methyl sites for hydroxylation is 1. The van der Waals surface area contributed by atoms with Gasteiger partial charge in [-0.3, -0.25) is 4.90 Å². The number of rotatable bonds is 8. The second-order valence-electron chi connectivity index (χ2n) is 6.44. The van der Waals surface area contributed by atoms with Crippen LogP contribution in [0.3, 0.4) is 0 Å². The molecular formula is C19H27N5O2. The van der Waals surface area contributed by atoms with E-state index in [1.54, 1.807) is 12.1 Å². The van der Waals surface area contributed by atoms with Crippen LogP contribution in [0.4, 0.5) is 11.8 Å². The first-order valence-corrected chi connectivity index (χ1v) is 9.10. The molecule has 0 spiro atoms. The highest BCUT2D eigenvalue weighted by atomic mass is 16.5. The van der Waals surface area contributed by atoms with Crippen LogP contribution in [0.5, 0.6) is 5.75 Å². The van der Waals surface area contributed by atoms with Gasteiger partial charge in [0.15, 0.2) is 0 Å². The van der Waals surface area contributed by atoms with E-state index in [1.165, 1.54) is 5.56 Å². The Morgan fingerprint density at radius 2 is 1.85 bits per heavy atom. The summed E-state index contributed by atoms with van der Waals surface area (Å²) in [4.78, 5) is 11.4. The number of hydrogen-bond acceptors (Lipinski definition) is 7. The van der Waals surface area contributed by atoms with Gasteiger partial charge in [-0.25, -0.2) is 4.98 Å². The maximum atomic E-state index is 9.33. The van der Waals surface area contributed by atoms with E-state index in [1.807, 2.05) is 25.1 Å². The van der Waals surface area contributed by atoms with Crippen molar-refractivity contribution in [1.29, 1.82) is 0 Å². The lowest BCUT2D eigenvalue weighted by molar-refractivity contribution is 0.0398. The van der Waals surface area contributed by atoms with Crippen LogP contribution in [-0.4, -0.2) is 65.9 Å². The SMILES string of the molecule is Cc1cc(NCCc2ccc(O)cc2)nc(NCCN2CCOCC2)n1. The largest absolute Gasteiger partial charge is 0.508 e. The molecule has 0 radical (unpaired) electrons. The molecular weight excluding hydrogens is 330 g/mol. The van der Waals surface area contributed by atoms with Crippen molar-refractivity contribution in [3.8, 4) is 5.75 Å². The predicted octanol–water partition coefficient (Wildman–Crippen LogP) is 1.89. The van der Waals surface area contributed by atoms with Gasteiger partial charge in [-0.2, -0.15) is 4.98 Å². The zero-order valence-corrected chi connectivity index (χ0v) is 15.2. The summed E-state index contributed by atoms with van der Waals surface area (Å²) in [5.74, 6) is 1.77. The van der Waals surface area contributed by atoms with E-state index in [-0.39, 0.29) is 0 Å². The van der Waals surface area contributed by atoms with Crippen molar-refractivity contribution in [3.63, 3.8) is 0 Å². The Morgan fingerprint density at radius 3 is 2.62 bits per heavy atom. The molecule has 1 aliphatic heterocycles. The van der Waals surface area contributed by atoms with Gasteiger partial charge in [0.25, 0.3) is 0 Å². The fourth-order valence-corrected chi connectivity index (χ4v) is 2.89. The van der Waals surface area contributed by atoms with Gasteiger partial charge < -0.3 is 20.5 Å². The van der Waals surface area contributed by atoms with Gasteiger partial charge in [0.05, 0.1) is 13.2 Å². The van der Waals surface area contributed by atoms with Crippen LogP contribution in [0.15, 0.2) is 30.3 Å². The van der Waals surface area contributed by atoms with Crippen molar-refractivity contribution >= 4 is 11.8 Å². The van der Waals surface area contributed by atoms with Gasteiger partial charge in [0.2, 0.25) is 5.95 Å². The summed E-state index contributed by atoms with van der Waals surface area (Å²) in [6, 6.07) is 9.23. The molecule has 1 fully saturated rings. The lowest BCUT2D eigenvalue weighted by Gasteiger charge is -2.26. The Labute approximate surface area is 154 Å². The molecule has 3 rings (SSSR count). The minimum Gasteiger partial charge on any atom is -0.508 e. The predicted molar refractivity (Wildman–Crippen MR) is 103 cm³/mol. The van der Waals surface area contributed by atoms with Crippen molar-refractivity contribution in [3.05, 3.63) is 41.6 Å². The van der Waals surface area contributed by atoms with E-state index in [9.17, 15) is 5.11 Å². The van der Waals surface area contributed by atoms with Gasteiger partial charge in [-0.15, -0.1) is 0 Å². The second kappa shape index (κ2) is 9.35. The van der Waals surface area contributed by atoms with E-state index in [0.29, 0.717) is 11.7 Å². The first-order chi connectivity index (χ1) is 12.7. The number of morpholine rings is 1. The number of nitrogens with zero attached hydrogens (tertiary/aromatic N) is 3. The number of phenols is 1.